The maximum absolute atomic E-state index is 6.01. The number of halogens is 2. The van der Waals surface area contributed by atoms with Crippen LogP contribution in [0.3, 0.4) is 0 Å². The van der Waals surface area contributed by atoms with Gasteiger partial charge in [0.15, 0.2) is 0 Å². The van der Waals surface area contributed by atoms with Crippen LogP contribution in [0.5, 0.6) is 0 Å². The van der Waals surface area contributed by atoms with E-state index in [-0.39, 0.29) is 12.4 Å². The number of rotatable bonds is 3. The van der Waals surface area contributed by atoms with Crippen LogP contribution in [0.2, 0.25) is 5.02 Å². The van der Waals surface area contributed by atoms with Crippen molar-refractivity contribution in [1.82, 2.24) is 20.4 Å². The minimum absolute atomic E-state index is 0. The van der Waals surface area contributed by atoms with Crippen molar-refractivity contribution < 1.29 is 4.52 Å². The van der Waals surface area contributed by atoms with Crippen LogP contribution in [0.4, 0.5) is 0 Å². The zero-order valence-electron chi connectivity index (χ0n) is 12.7. The van der Waals surface area contributed by atoms with Crippen LogP contribution in [-0.2, 0) is 6.54 Å². The van der Waals surface area contributed by atoms with Crippen LogP contribution in [-0.4, -0.2) is 40.2 Å². The summed E-state index contributed by atoms with van der Waals surface area (Å²) in [5, 5.41) is 8.44. The van der Waals surface area contributed by atoms with Gasteiger partial charge in [-0.1, -0.05) is 28.9 Å². The van der Waals surface area contributed by atoms with E-state index in [1.165, 1.54) is 19.3 Å². The summed E-state index contributed by atoms with van der Waals surface area (Å²) in [7, 11) is 0. The number of hydrogen-bond acceptors (Lipinski definition) is 5. The van der Waals surface area contributed by atoms with Crippen LogP contribution in [0.1, 0.15) is 25.2 Å². The highest BCUT2D eigenvalue weighted by Crippen LogP contribution is 2.23. The van der Waals surface area contributed by atoms with Crippen LogP contribution in [0, 0.1) is 0 Å². The van der Waals surface area contributed by atoms with Crippen molar-refractivity contribution >= 4 is 24.0 Å². The summed E-state index contributed by atoms with van der Waals surface area (Å²) in [6.45, 7) is 2.87. The first-order valence-electron chi connectivity index (χ1n) is 7.83. The highest BCUT2D eigenvalue weighted by molar-refractivity contribution is 6.30. The molecule has 0 radical (unpaired) electrons. The van der Waals surface area contributed by atoms with E-state index in [0.29, 0.717) is 28.8 Å². The first-order valence-corrected chi connectivity index (χ1v) is 8.21. The van der Waals surface area contributed by atoms with Gasteiger partial charge in [0.05, 0.1) is 6.54 Å². The number of fused-ring (bicyclic) bond motifs is 2. The zero-order chi connectivity index (χ0) is 14.9. The topological polar surface area (TPSA) is 54.2 Å². The van der Waals surface area contributed by atoms with Crippen LogP contribution in [0.25, 0.3) is 11.4 Å². The van der Waals surface area contributed by atoms with E-state index in [2.05, 4.69) is 20.4 Å². The molecule has 1 aromatic carbocycles. The Morgan fingerprint density at radius 1 is 1.26 bits per heavy atom. The lowest BCUT2D eigenvalue weighted by Crippen LogP contribution is -2.35. The van der Waals surface area contributed by atoms with Gasteiger partial charge in [-0.05, 0) is 31.4 Å². The molecule has 3 heterocycles. The lowest BCUT2D eigenvalue weighted by Gasteiger charge is -2.21. The molecule has 2 saturated heterocycles. The molecule has 2 aliphatic rings. The lowest BCUT2D eigenvalue weighted by molar-refractivity contribution is 0.216. The van der Waals surface area contributed by atoms with Crippen LogP contribution >= 0.6 is 24.0 Å². The van der Waals surface area contributed by atoms with Crippen molar-refractivity contribution in [2.75, 3.05) is 13.1 Å². The Kier molecular flexibility index (Phi) is 5.21. The largest absolute Gasteiger partial charge is 0.338 e. The second-order valence-corrected chi connectivity index (χ2v) is 6.62. The second kappa shape index (κ2) is 7.18. The van der Waals surface area contributed by atoms with Crippen LogP contribution in [0.15, 0.2) is 28.8 Å². The molecule has 5 nitrogen and oxygen atoms in total. The molecule has 2 aliphatic heterocycles. The van der Waals surface area contributed by atoms with Crippen molar-refractivity contribution in [3.05, 3.63) is 35.2 Å². The Morgan fingerprint density at radius 2 is 2.13 bits per heavy atom. The maximum Gasteiger partial charge on any atom is 0.241 e. The van der Waals surface area contributed by atoms with E-state index >= 15 is 0 Å². The molecule has 124 valence electrons. The molecule has 2 bridgehead atoms. The van der Waals surface area contributed by atoms with E-state index in [9.17, 15) is 0 Å². The van der Waals surface area contributed by atoms with Gasteiger partial charge >= 0.3 is 0 Å². The number of aromatic nitrogens is 2. The van der Waals surface area contributed by atoms with Crippen molar-refractivity contribution in [2.45, 2.75) is 37.9 Å². The lowest BCUT2D eigenvalue weighted by atomic mass is 10.1. The van der Waals surface area contributed by atoms with Gasteiger partial charge in [-0.2, -0.15) is 4.98 Å². The molecular formula is C16H20Cl2N4O. The standard InChI is InChI=1S/C16H19ClN4O.ClH/c17-12-3-1-2-11(8-12)16-19-15(22-20-16)10-21-7-6-13-4-5-14(9-21)18-13;/h1-3,8,13-14,18H,4-7,9-10H2;1H. The first kappa shape index (κ1) is 16.7. The number of benzene rings is 1. The van der Waals surface area contributed by atoms with Gasteiger partial charge in [-0.3, -0.25) is 4.90 Å². The van der Waals surface area contributed by atoms with Gasteiger partial charge in [-0.25, -0.2) is 0 Å². The summed E-state index contributed by atoms with van der Waals surface area (Å²) in [5.74, 6) is 1.28. The predicted molar refractivity (Wildman–Crippen MR) is 91.8 cm³/mol. The Bertz CT molecular complexity index is 663. The molecule has 2 aromatic rings. The summed E-state index contributed by atoms with van der Waals surface area (Å²) < 4.78 is 5.42. The fourth-order valence-electron chi connectivity index (χ4n) is 3.41. The summed E-state index contributed by atoms with van der Waals surface area (Å²) in [6, 6.07) is 8.83. The van der Waals surface area contributed by atoms with Gasteiger partial charge < -0.3 is 9.84 Å². The molecule has 0 spiro atoms. The van der Waals surface area contributed by atoms with Crippen molar-refractivity contribution in [3.8, 4) is 11.4 Å². The molecular weight excluding hydrogens is 335 g/mol. The molecule has 0 saturated carbocycles. The van der Waals surface area contributed by atoms with Gasteiger partial charge in [-0.15, -0.1) is 12.4 Å². The molecule has 23 heavy (non-hydrogen) atoms. The fraction of sp³-hybridized carbons (Fsp3) is 0.500. The highest BCUT2D eigenvalue weighted by atomic mass is 35.5. The van der Waals surface area contributed by atoms with Gasteiger partial charge in [0.2, 0.25) is 11.7 Å². The summed E-state index contributed by atoms with van der Waals surface area (Å²) in [5.41, 5.74) is 0.888. The van der Waals surface area contributed by atoms with E-state index in [4.69, 9.17) is 16.1 Å². The average molecular weight is 355 g/mol. The summed E-state index contributed by atoms with van der Waals surface area (Å²) >= 11 is 6.01. The minimum Gasteiger partial charge on any atom is -0.338 e. The quantitative estimate of drug-likeness (QED) is 0.917. The molecule has 2 atom stereocenters. The normalized spacial score (nSPS) is 24.2. The maximum atomic E-state index is 6.01. The minimum atomic E-state index is 0. The Labute approximate surface area is 146 Å². The number of nitrogens with one attached hydrogen (secondary N) is 1. The van der Waals surface area contributed by atoms with Crippen molar-refractivity contribution in [3.63, 3.8) is 0 Å². The van der Waals surface area contributed by atoms with Gasteiger partial charge in [0.25, 0.3) is 0 Å². The monoisotopic (exact) mass is 354 g/mol. The highest BCUT2D eigenvalue weighted by Gasteiger charge is 2.29. The van der Waals surface area contributed by atoms with E-state index in [1.807, 2.05) is 24.3 Å². The molecule has 0 aliphatic carbocycles. The smallest absolute Gasteiger partial charge is 0.241 e. The van der Waals surface area contributed by atoms with Crippen molar-refractivity contribution in [2.24, 2.45) is 0 Å². The third kappa shape index (κ3) is 3.86. The summed E-state index contributed by atoms with van der Waals surface area (Å²) in [6.07, 6.45) is 3.79. The van der Waals surface area contributed by atoms with Gasteiger partial charge in [0.1, 0.15) is 0 Å². The average Bonchev–Trinajstić information content (AvgIpc) is 3.08. The molecule has 2 unspecified atom stereocenters. The van der Waals surface area contributed by atoms with E-state index in [0.717, 1.165) is 25.2 Å². The number of likely N-dealkylation sites (tertiary alicyclic amines) is 1. The third-order valence-corrected chi connectivity index (χ3v) is 4.75. The fourth-order valence-corrected chi connectivity index (χ4v) is 3.60. The molecule has 4 rings (SSSR count). The van der Waals surface area contributed by atoms with Gasteiger partial charge in [0, 0.05) is 35.8 Å². The predicted octanol–water partition coefficient (Wildman–Crippen LogP) is 3.14. The first-order chi connectivity index (χ1) is 10.8. The Balaban J connectivity index is 0.00000156. The Morgan fingerprint density at radius 3 is 3.00 bits per heavy atom. The van der Waals surface area contributed by atoms with Crippen LogP contribution < -0.4 is 5.32 Å². The molecule has 0 amide bonds. The zero-order valence-corrected chi connectivity index (χ0v) is 14.3. The molecule has 2 fully saturated rings. The Hall–Kier alpha value is -1.14. The molecule has 1 aromatic heterocycles. The third-order valence-electron chi connectivity index (χ3n) is 4.52. The number of nitrogens with zero attached hydrogens (tertiary/aromatic N) is 3. The second-order valence-electron chi connectivity index (χ2n) is 6.18. The molecule has 1 N–H and O–H groups in total. The number of hydrogen-bond donors (Lipinski definition) is 1. The molecule has 7 heteroatoms. The van der Waals surface area contributed by atoms with E-state index < -0.39 is 0 Å². The van der Waals surface area contributed by atoms with Crippen molar-refractivity contribution in [1.29, 1.82) is 0 Å². The summed E-state index contributed by atoms with van der Waals surface area (Å²) in [4.78, 5) is 6.92. The SMILES string of the molecule is Cl.Clc1cccc(-c2noc(CN3CCC4CCC(C3)N4)n2)c1. The van der Waals surface area contributed by atoms with E-state index in [1.54, 1.807) is 0 Å².